The Kier molecular flexibility index (Phi) is 5.67. The van der Waals surface area contributed by atoms with Gasteiger partial charge in [0.05, 0.1) is 11.8 Å². The van der Waals surface area contributed by atoms with Gasteiger partial charge in [0, 0.05) is 18.2 Å². The number of anilines is 1. The molecule has 8 heteroatoms. The van der Waals surface area contributed by atoms with E-state index in [1.165, 1.54) is 6.92 Å². The van der Waals surface area contributed by atoms with Crippen molar-refractivity contribution in [2.24, 2.45) is 17.3 Å². The van der Waals surface area contributed by atoms with Gasteiger partial charge in [-0.05, 0) is 73.3 Å². The third-order valence-corrected chi connectivity index (χ3v) is 8.62. The van der Waals surface area contributed by atoms with E-state index in [-0.39, 0.29) is 34.6 Å². The van der Waals surface area contributed by atoms with Crippen molar-refractivity contribution >= 4 is 30.2 Å². The SMILES string of the molecule is CC(=O)N(c1cc2c(c(O)c1O)CC[C@@H]1[C@@H]2CC[C@]2(C)C(O)CC[C@@H]12)[C@@H](CS)C(=O)O. The number of amides is 1. The van der Waals surface area contributed by atoms with Crippen molar-refractivity contribution < 1.29 is 30.0 Å². The Bertz CT molecular complexity index is 920. The van der Waals surface area contributed by atoms with Gasteiger partial charge in [-0.2, -0.15) is 12.6 Å². The molecule has 1 aromatic rings. The van der Waals surface area contributed by atoms with E-state index in [0.29, 0.717) is 23.8 Å². The molecule has 0 saturated heterocycles. The van der Waals surface area contributed by atoms with Crippen LogP contribution in [0.25, 0.3) is 0 Å². The van der Waals surface area contributed by atoms with E-state index in [1.54, 1.807) is 6.07 Å². The first-order valence-electron chi connectivity index (χ1n) is 11.0. The normalized spacial score (nSPS) is 32.5. The number of hydrogen-bond donors (Lipinski definition) is 5. The molecule has 0 radical (unpaired) electrons. The fourth-order valence-corrected chi connectivity index (χ4v) is 6.99. The van der Waals surface area contributed by atoms with Crippen LogP contribution in [0.2, 0.25) is 0 Å². The van der Waals surface area contributed by atoms with E-state index in [1.807, 2.05) is 0 Å². The molecule has 6 atom stereocenters. The van der Waals surface area contributed by atoms with Crippen LogP contribution in [0.4, 0.5) is 5.69 Å². The number of carboxylic acid groups (broad SMARTS) is 1. The molecule has 1 unspecified atom stereocenters. The highest BCUT2D eigenvalue weighted by atomic mass is 32.1. The molecule has 3 aliphatic rings. The van der Waals surface area contributed by atoms with Crippen LogP contribution in [0, 0.1) is 17.3 Å². The fourth-order valence-electron chi connectivity index (χ4n) is 6.67. The summed E-state index contributed by atoms with van der Waals surface area (Å²) in [6, 6.07) is 0.443. The number of aliphatic carboxylic acids is 1. The van der Waals surface area contributed by atoms with E-state index < -0.39 is 23.7 Å². The van der Waals surface area contributed by atoms with Gasteiger partial charge < -0.3 is 20.4 Å². The average Bonchev–Trinajstić information content (AvgIpc) is 3.03. The Labute approximate surface area is 187 Å². The van der Waals surface area contributed by atoms with Gasteiger partial charge in [-0.3, -0.25) is 9.69 Å². The molecule has 0 heterocycles. The molecule has 0 aromatic heterocycles. The second-order valence-corrected chi connectivity index (χ2v) is 10.0. The monoisotopic (exact) mass is 449 g/mol. The van der Waals surface area contributed by atoms with Gasteiger partial charge in [0.15, 0.2) is 11.5 Å². The number of aliphatic hydroxyl groups excluding tert-OH is 1. The van der Waals surface area contributed by atoms with E-state index in [2.05, 4.69) is 19.6 Å². The maximum Gasteiger partial charge on any atom is 0.327 e. The summed E-state index contributed by atoms with van der Waals surface area (Å²) >= 11 is 4.09. The van der Waals surface area contributed by atoms with Crippen LogP contribution in [0.1, 0.15) is 63.0 Å². The first-order chi connectivity index (χ1) is 14.6. The minimum absolute atomic E-state index is 0.0191. The molecule has 0 bridgehead atoms. The van der Waals surface area contributed by atoms with Gasteiger partial charge in [0.2, 0.25) is 5.91 Å². The standard InChI is InChI=1S/C23H31NO6S/c1-11(25)24(18(10-31)22(29)30)17-9-15-12-7-8-23(2)16(5-6-19(23)26)13(12)3-4-14(15)20(27)21(17)28/h9,12-13,16,18-19,26-28,31H,3-8,10H2,1-2H3,(H,29,30)/t12-,13+,16-,18-,19?,23-/m0/s1. The fraction of sp³-hybridized carbons (Fsp3) is 0.652. The number of carbonyl (C=O) groups is 2. The molecular formula is C23H31NO6S. The number of hydrogen-bond acceptors (Lipinski definition) is 6. The van der Waals surface area contributed by atoms with Gasteiger partial charge in [0.1, 0.15) is 6.04 Å². The van der Waals surface area contributed by atoms with Crippen LogP contribution in [0.15, 0.2) is 6.07 Å². The average molecular weight is 450 g/mol. The molecular weight excluding hydrogens is 418 g/mol. The van der Waals surface area contributed by atoms with Crippen LogP contribution < -0.4 is 4.90 Å². The second-order valence-electron chi connectivity index (χ2n) is 9.64. The van der Waals surface area contributed by atoms with Crippen LogP contribution in [0.5, 0.6) is 11.5 Å². The number of fused-ring (bicyclic) bond motifs is 5. The van der Waals surface area contributed by atoms with Crippen molar-refractivity contribution in [3.63, 3.8) is 0 Å². The summed E-state index contributed by atoms with van der Waals surface area (Å²) in [6.45, 7) is 3.42. The zero-order chi connectivity index (χ0) is 22.7. The molecule has 2 fully saturated rings. The summed E-state index contributed by atoms with van der Waals surface area (Å²) in [6.07, 6.45) is 4.70. The largest absolute Gasteiger partial charge is 0.504 e. The predicted molar refractivity (Wildman–Crippen MR) is 119 cm³/mol. The first-order valence-corrected chi connectivity index (χ1v) is 11.6. The minimum Gasteiger partial charge on any atom is -0.504 e. The Morgan fingerprint density at radius 1 is 1.23 bits per heavy atom. The van der Waals surface area contributed by atoms with Crippen LogP contribution >= 0.6 is 12.6 Å². The Balaban J connectivity index is 1.80. The number of thiol groups is 1. The molecule has 0 spiro atoms. The summed E-state index contributed by atoms with van der Waals surface area (Å²) in [5.74, 6) is -1.74. The van der Waals surface area contributed by atoms with Gasteiger partial charge in [0.25, 0.3) is 0 Å². The maximum absolute atomic E-state index is 12.4. The lowest BCUT2D eigenvalue weighted by Gasteiger charge is -2.50. The van der Waals surface area contributed by atoms with E-state index in [4.69, 9.17) is 0 Å². The summed E-state index contributed by atoms with van der Waals surface area (Å²) in [4.78, 5) is 25.2. The van der Waals surface area contributed by atoms with Crippen molar-refractivity contribution in [2.45, 2.75) is 70.4 Å². The number of phenols is 2. The molecule has 170 valence electrons. The van der Waals surface area contributed by atoms with Crippen molar-refractivity contribution in [3.8, 4) is 11.5 Å². The summed E-state index contributed by atoms with van der Waals surface area (Å²) in [5, 5.41) is 41.7. The summed E-state index contributed by atoms with van der Waals surface area (Å²) in [5.41, 5.74) is 1.50. The second kappa shape index (κ2) is 7.89. The third-order valence-electron chi connectivity index (χ3n) is 8.28. The van der Waals surface area contributed by atoms with E-state index in [9.17, 15) is 30.0 Å². The molecule has 1 aromatic carbocycles. The molecule has 3 aliphatic carbocycles. The van der Waals surface area contributed by atoms with E-state index in [0.717, 1.165) is 42.6 Å². The Morgan fingerprint density at radius 2 is 1.94 bits per heavy atom. The van der Waals surface area contributed by atoms with Gasteiger partial charge >= 0.3 is 5.97 Å². The van der Waals surface area contributed by atoms with Crippen molar-refractivity contribution in [2.75, 3.05) is 10.7 Å². The Hall–Kier alpha value is -1.93. The maximum atomic E-state index is 12.4. The van der Waals surface area contributed by atoms with Crippen molar-refractivity contribution in [1.29, 1.82) is 0 Å². The van der Waals surface area contributed by atoms with Crippen LogP contribution in [-0.2, 0) is 16.0 Å². The minimum atomic E-state index is -1.26. The van der Waals surface area contributed by atoms with Gasteiger partial charge in [-0.15, -0.1) is 0 Å². The topological polar surface area (TPSA) is 118 Å². The smallest absolute Gasteiger partial charge is 0.327 e. The zero-order valence-corrected chi connectivity index (χ0v) is 18.8. The lowest BCUT2D eigenvalue weighted by atomic mass is 9.55. The zero-order valence-electron chi connectivity index (χ0n) is 17.9. The van der Waals surface area contributed by atoms with Gasteiger partial charge in [-0.1, -0.05) is 6.92 Å². The number of carboxylic acids is 1. The Morgan fingerprint density at radius 3 is 2.55 bits per heavy atom. The molecule has 4 N–H and O–H groups in total. The van der Waals surface area contributed by atoms with Crippen LogP contribution in [0.3, 0.4) is 0 Å². The number of benzene rings is 1. The number of phenolic OH excluding ortho intramolecular Hbond substituents is 2. The number of carbonyl (C=O) groups excluding carboxylic acids is 1. The molecule has 2 saturated carbocycles. The molecule has 31 heavy (non-hydrogen) atoms. The van der Waals surface area contributed by atoms with Crippen molar-refractivity contribution in [3.05, 3.63) is 17.2 Å². The van der Waals surface area contributed by atoms with Crippen molar-refractivity contribution in [1.82, 2.24) is 0 Å². The summed E-state index contributed by atoms with van der Waals surface area (Å²) in [7, 11) is 0. The molecule has 0 aliphatic heterocycles. The lowest BCUT2D eigenvalue weighted by molar-refractivity contribution is -0.139. The highest BCUT2D eigenvalue weighted by Crippen LogP contribution is 2.62. The third kappa shape index (κ3) is 3.30. The number of rotatable bonds is 4. The molecule has 1 amide bonds. The molecule has 7 nitrogen and oxygen atoms in total. The first kappa shape index (κ1) is 22.3. The van der Waals surface area contributed by atoms with E-state index >= 15 is 0 Å². The van der Waals surface area contributed by atoms with Crippen LogP contribution in [-0.4, -0.2) is 50.2 Å². The summed E-state index contributed by atoms with van der Waals surface area (Å²) < 4.78 is 0. The predicted octanol–water partition coefficient (Wildman–Crippen LogP) is 3.05. The highest BCUT2D eigenvalue weighted by molar-refractivity contribution is 7.80. The lowest BCUT2D eigenvalue weighted by Crippen LogP contribution is -2.46. The number of aromatic hydroxyl groups is 2. The molecule has 4 rings (SSSR count). The highest BCUT2D eigenvalue weighted by Gasteiger charge is 2.54. The van der Waals surface area contributed by atoms with Gasteiger partial charge in [-0.25, -0.2) is 4.79 Å². The number of aliphatic hydroxyl groups is 1. The quantitative estimate of drug-likeness (QED) is 0.356. The number of nitrogens with zero attached hydrogens (tertiary/aromatic N) is 1.